The van der Waals surface area contributed by atoms with Gasteiger partial charge in [0.25, 0.3) is 0 Å². The minimum atomic E-state index is -0.679. The Kier molecular flexibility index (Phi) is 16.1. The topological polar surface area (TPSA) is 37.3 Å². The highest BCUT2D eigenvalue weighted by Crippen LogP contribution is 2.10. The van der Waals surface area contributed by atoms with Crippen molar-refractivity contribution in [3.8, 4) is 0 Å². The third-order valence-electron chi connectivity index (χ3n) is 3.88. The molecule has 0 aliphatic carbocycles. The zero-order valence-electron chi connectivity index (χ0n) is 15.2. The summed E-state index contributed by atoms with van der Waals surface area (Å²) in [6.07, 6.45) is 24.9. The first kappa shape index (κ1) is 21.7. The van der Waals surface area contributed by atoms with Crippen molar-refractivity contribution in [1.82, 2.24) is 0 Å². The first-order chi connectivity index (χ1) is 11.2. The molecule has 0 radical (unpaired) electrons. The zero-order chi connectivity index (χ0) is 17.2. The van der Waals surface area contributed by atoms with Crippen LogP contribution in [0.3, 0.4) is 0 Å². The van der Waals surface area contributed by atoms with Gasteiger partial charge in [-0.15, -0.1) is 0 Å². The molecule has 1 N–H and O–H groups in total. The summed E-state index contributed by atoms with van der Waals surface area (Å²) in [5.74, 6) is 0.134. The molecular formula is C21H36O2. The Balaban J connectivity index is 3.38. The van der Waals surface area contributed by atoms with Crippen LogP contribution in [0.5, 0.6) is 0 Å². The van der Waals surface area contributed by atoms with Crippen LogP contribution in [0, 0.1) is 5.92 Å². The SMILES string of the molecule is CCCC(C)CC=CCC=CC/C=C\CCCCCCC(=O)O. The van der Waals surface area contributed by atoms with Gasteiger partial charge in [0.05, 0.1) is 0 Å². The number of carboxylic acids is 1. The van der Waals surface area contributed by atoms with Crippen LogP contribution >= 0.6 is 0 Å². The minimum Gasteiger partial charge on any atom is -0.481 e. The average Bonchev–Trinajstić information content (AvgIpc) is 2.51. The summed E-state index contributed by atoms with van der Waals surface area (Å²) >= 11 is 0. The van der Waals surface area contributed by atoms with Crippen LogP contribution in [0.25, 0.3) is 0 Å². The molecule has 23 heavy (non-hydrogen) atoms. The van der Waals surface area contributed by atoms with Gasteiger partial charge >= 0.3 is 5.97 Å². The van der Waals surface area contributed by atoms with Crippen LogP contribution in [0.15, 0.2) is 36.5 Å². The lowest BCUT2D eigenvalue weighted by Gasteiger charge is -2.04. The van der Waals surface area contributed by atoms with E-state index in [0.717, 1.165) is 44.4 Å². The maximum atomic E-state index is 10.4. The Labute approximate surface area is 143 Å². The first-order valence-electron chi connectivity index (χ1n) is 9.33. The minimum absolute atomic E-state index is 0.312. The molecule has 0 fully saturated rings. The van der Waals surface area contributed by atoms with Gasteiger partial charge in [0.1, 0.15) is 0 Å². The largest absolute Gasteiger partial charge is 0.481 e. The van der Waals surface area contributed by atoms with Gasteiger partial charge in [0.2, 0.25) is 0 Å². The van der Waals surface area contributed by atoms with Crippen LogP contribution in [-0.4, -0.2) is 11.1 Å². The van der Waals surface area contributed by atoms with Gasteiger partial charge in [0, 0.05) is 6.42 Å². The molecule has 0 bridgehead atoms. The predicted molar refractivity (Wildman–Crippen MR) is 101 cm³/mol. The van der Waals surface area contributed by atoms with Crippen molar-refractivity contribution in [1.29, 1.82) is 0 Å². The molecule has 0 aromatic heterocycles. The number of hydrogen-bond acceptors (Lipinski definition) is 1. The standard InChI is InChI=1S/C21H36O2/c1-3-17-20(2)18-15-13-11-9-7-5-4-6-8-10-12-14-16-19-21(22)23/h4,6-7,9,13,15,20H,3,5,8,10-12,14,16-19H2,1-2H3,(H,22,23)/b6-4-,9-7?,15-13?. The van der Waals surface area contributed by atoms with E-state index in [0.29, 0.717) is 6.42 Å². The van der Waals surface area contributed by atoms with E-state index in [1.54, 1.807) is 0 Å². The lowest BCUT2D eigenvalue weighted by atomic mass is 10.0. The first-order valence-corrected chi connectivity index (χ1v) is 9.33. The molecule has 0 aliphatic heterocycles. The maximum absolute atomic E-state index is 10.4. The van der Waals surface area contributed by atoms with Crippen molar-refractivity contribution in [2.45, 2.75) is 84.5 Å². The smallest absolute Gasteiger partial charge is 0.303 e. The Bertz CT molecular complexity index is 353. The number of hydrogen-bond donors (Lipinski definition) is 1. The zero-order valence-corrected chi connectivity index (χ0v) is 15.2. The summed E-state index contributed by atoms with van der Waals surface area (Å²) in [5, 5.41) is 8.53. The Morgan fingerprint density at radius 3 is 2.17 bits per heavy atom. The average molecular weight is 321 g/mol. The molecule has 0 amide bonds. The molecule has 1 atom stereocenters. The van der Waals surface area contributed by atoms with E-state index in [4.69, 9.17) is 5.11 Å². The number of rotatable bonds is 15. The third kappa shape index (κ3) is 18.6. The fourth-order valence-electron chi connectivity index (χ4n) is 2.49. The molecule has 1 unspecified atom stereocenters. The number of aliphatic carboxylic acids is 1. The molecular weight excluding hydrogens is 284 g/mol. The van der Waals surface area contributed by atoms with Crippen molar-refractivity contribution < 1.29 is 9.90 Å². The van der Waals surface area contributed by atoms with Gasteiger partial charge in [-0.1, -0.05) is 76.0 Å². The molecule has 0 rings (SSSR count). The summed E-state index contributed by atoms with van der Waals surface area (Å²) in [6.45, 7) is 4.57. The Morgan fingerprint density at radius 1 is 0.913 bits per heavy atom. The molecule has 0 aromatic carbocycles. The van der Waals surface area contributed by atoms with E-state index >= 15 is 0 Å². The van der Waals surface area contributed by atoms with E-state index in [-0.39, 0.29) is 0 Å². The highest BCUT2D eigenvalue weighted by molar-refractivity contribution is 5.66. The van der Waals surface area contributed by atoms with Gasteiger partial charge < -0.3 is 5.11 Å². The fraction of sp³-hybridized carbons (Fsp3) is 0.667. The number of unbranched alkanes of at least 4 members (excludes halogenated alkanes) is 4. The van der Waals surface area contributed by atoms with Crippen molar-refractivity contribution in [3.05, 3.63) is 36.5 Å². The second-order valence-electron chi connectivity index (χ2n) is 6.36. The van der Waals surface area contributed by atoms with Crippen LogP contribution < -0.4 is 0 Å². The summed E-state index contributed by atoms with van der Waals surface area (Å²) in [6, 6.07) is 0. The predicted octanol–water partition coefficient (Wildman–Crippen LogP) is 6.69. The molecule has 0 heterocycles. The van der Waals surface area contributed by atoms with Gasteiger partial charge in [0.15, 0.2) is 0 Å². The fourth-order valence-corrected chi connectivity index (χ4v) is 2.49. The summed E-state index contributed by atoms with van der Waals surface area (Å²) in [4.78, 5) is 10.4. The molecule has 0 saturated heterocycles. The van der Waals surface area contributed by atoms with Crippen LogP contribution in [-0.2, 0) is 4.79 Å². The van der Waals surface area contributed by atoms with E-state index in [1.807, 2.05) is 0 Å². The summed E-state index contributed by atoms with van der Waals surface area (Å²) < 4.78 is 0. The van der Waals surface area contributed by atoms with Crippen molar-refractivity contribution >= 4 is 5.97 Å². The molecule has 0 aliphatic rings. The second kappa shape index (κ2) is 17.1. The van der Waals surface area contributed by atoms with Crippen LogP contribution in [0.1, 0.15) is 84.5 Å². The van der Waals surface area contributed by atoms with E-state index in [2.05, 4.69) is 50.3 Å². The normalized spacial score (nSPS) is 13.5. The van der Waals surface area contributed by atoms with Gasteiger partial charge in [-0.25, -0.2) is 0 Å². The van der Waals surface area contributed by atoms with E-state index in [9.17, 15) is 4.79 Å². The van der Waals surface area contributed by atoms with Gasteiger partial charge in [-0.05, 0) is 44.4 Å². The molecule has 2 heteroatoms. The quantitative estimate of drug-likeness (QED) is 0.270. The number of carbonyl (C=O) groups is 1. The molecule has 0 saturated carbocycles. The van der Waals surface area contributed by atoms with Gasteiger partial charge in [-0.3, -0.25) is 4.79 Å². The maximum Gasteiger partial charge on any atom is 0.303 e. The molecule has 132 valence electrons. The summed E-state index contributed by atoms with van der Waals surface area (Å²) in [7, 11) is 0. The van der Waals surface area contributed by atoms with Gasteiger partial charge in [-0.2, -0.15) is 0 Å². The molecule has 0 spiro atoms. The van der Waals surface area contributed by atoms with Crippen molar-refractivity contribution in [3.63, 3.8) is 0 Å². The second-order valence-corrected chi connectivity index (χ2v) is 6.36. The third-order valence-corrected chi connectivity index (χ3v) is 3.88. The van der Waals surface area contributed by atoms with Crippen molar-refractivity contribution in [2.75, 3.05) is 0 Å². The van der Waals surface area contributed by atoms with E-state index in [1.165, 1.54) is 25.7 Å². The lowest BCUT2D eigenvalue weighted by molar-refractivity contribution is -0.137. The highest BCUT2D eigenvalue weighted by Gasteiger charge is 1.96. The molecule has 2 nitrogen and oxygen atoms in total. The van der Waals surface area contributed by atoms with Crippen molar-refractivity contribution in [2.24, 2.45) is 5.92 Å². The van der Waals surface area contributed by atoms with Crippen LogP contribution in [0.2, 0.25) is 0 Å². The molecule has 0 aromatic rings. The lowest BCUT2D eigenvalue weighted by Crippen LogP contribution is -1.93. The monoisotopic (exact) mass is 320 g/mol. The number of allylic oxidation sites excluding steroid dienone is 6. The Morgan fingerprint density at radius 2 is 1.52 bits per heavy atom. The highest BCUT2D eigenvalue weighted by atomic mass is 16.4. The Hall–Kier alpha value is -1.31. The van der Waals surface area contributed by atoms with E-state index < -0.39 is 5.97 Å². The number of carboxylic acid groups (broad SMARTS) is 1. The van der Waals surface area contributed by atoms with Crippen LogP contribution in [0.4, 0.5) is 0 Å². The summed E-state index contributed by atoms with van der Waals surface area (Å²) in [5.41, 5.74) is 0.